The highest BCUT2D eigenvalue weighted by Crippen LogP contribution is 2.33. The number of nitrogens with zero attached hydrogens (tertiary/aromatic N) is 3. The number of ether oxygens (including phenoxy) is 3. The SMILES string of the molecule is [N-]=[N+]=Nc1c(F)c(F)c(C(=O)NCCOCCOCCOCCNC(=O)CCCC[C@@H]2SC[C@@H]3NC(=O)N[C@@H]32)c(F)c1F. The number of thioether (sulfide) groups is 1. The van der Waals surface area contributed by atoms with Crippen molar-refractivity contribution in [2.45, 2.75) is 43.0 Å². The lowest BCUT2D eigenvalue weighted by molar-refractivity contribution is -0.121. The second kappa shape index (κ2) is 17.7. The molecule has 0 bridgehead atoms. The van der Waals surface area contributed by atoms with Crippen LogP contribution < -0.4 is 21.3 Å². The van der Waals surface area contributed by atoms with Crippen LogP contribution in [0, 0.1) is 23.3 Å². The maximum absolute atomic E-state index is 14.0. The first-order valence-electron chi connectivity index (χ1n) is 13.6. The Morgan fingerprint density at radius 2 is 1.51 bits per heavy atom. The lowest BCUT2D eigenvalue weighted by Crippen LogP contribution is -2.36. The van der Waals surface area contributed by atoms with Gasteiger partial charge >= 0.3 is 6.03 Å². The largest absolute Gasteiger partial charge is 0.377 e. The molecule has 0 aliphatic carbocycles. The zero-order valence-electron chi connectivity index (χ0n) is 23.1. The van der Waals surface area contributed by atoms with Crippen molar-refractivity contribution in [3.63, 3.8) is 0 Å². The molecule has 4 amide bonds. The van der Waals surface area contributed by atoms with Gasteiger partial charge in [-0.25, -0.2) is 22.4 Å². The van der Waals surface area contributed by atoms with Crippen molar-refractivity contribution in [3.8, 4) is 0 Å². The highest BCUT2D eigenvalue weighted by molar-refractivity contribution is 8.00. The van der Waals surface area contributed by atoms with Crippen molar-refractivity contribution in [1.82, 2.24) is 21.3 Å². The Bertz CT molecular complexity index is 1160. The van der Waals surface area contributed by atoms with Crippen LogP contribution in [-0.2, 0) is 19.0 Å². The number of hydrogen-bond donors (Lipinski definition) is 4. The molecule has 0 aromatic heterocycles. The Hall–Kier alpha value is -3.31. The second-order valence-corrected chi connectivity index (χ2v) is 10.8. The van der Waals surface area contributed by atoms with Gasteiger partial charge in [0.2, 0.25) is 5.91 Å². The monoisotopic (exact) mass is 635 g/mol. The van der Waals surface area contributed by atoms with Crippen molar-refractivity contribution in [1.29, 1.82) is 0 Å². The number of rotatable bonds is 19. The van der Waals surface area contributed by atoms with Crippen LogP contribution in [0.25, 0.3) is 10.4 Å². The van der Waals surface area contributed by atoms with Crippen LogP contribution in [0.4, 0.5) is 28.0 Å². The van der Waals surface area contributed by atoms with Gasteiger partial charge in [-0.05, 0) is 18.4 Å². The van der Waals surface area contributed by atoms with E-state index in [0.29, 0.717) is 31.4 Å². The summed E-state index contributed by atoms with van der Waals surface area (Å²) in [4.78, 5) is 37.4. The van der Waals surface area contributed by atoms with Crippen LogP contribution in [0.15, 0.2) is 5.11 Å². The third-order valence-corrected chi connectivity index (χ3v) is 8.05. The molecule has 238 valence electrons. The molecule has 4 N–H and O–H groups in total. The number of amides is 4. The van der Waals surface area contributed by atoms with E-state index in [2.05, 4.69) is 31.3 Å². The van der Waals surface area contributed by atoms with Crippen molar-refractivity contribution < 1.29 is 46.2 Å². The number of carbonyl (C=O) groups is 3. The highest BCUT2D eigenvalue weighted by Gasteiger charge is 2.42. The second-order valence-electron chi connectivity index (χ2n) is 9.48. The van der Waals surface area contributed by atoms with Gasteiger partial charge in [0.1, 0.15) is 11.3 Å². The van der Waals surface area contributed by atoms with E-state index >= 15 is 0 Å². The van der Waals surface area contributed by atoms with E-state index in [1.165, 1.54) is 0 Å². The predicted molar refractivity (Wildman–Crippen MR) is 147 cm³/mol. The molecule has 0 radical (unpaired) electrons. The third-order valence-electron chi connectivity index (χ3n) is 6.54. The van der Waals surface area contributed by atoms with E-state index in [0.717, 1.165) is 25.0 Å². The smallest absolute Gasteiger partial charge is 0.315 e. The number of carbonyl (C=O) groups excluding carboxylic acids is 3. The van der Waals surface area contributed by atoms with Crippen LogP contribution in [0.5, 0.6) is 0 Å². The van der Waals surface area contributed by atoms with E-state index in [4.69, 9.17) is 19.7 Å². The molecule has 0 saturated carbocycles. The minimum absolute atomic E-state index is 0.0428. The summed E-state index contributed by atoms with van der Waals surface area (Å²) in [5.41, 5.74) is 5.25. The van der Waals surface area contributed by atoms with Crippen LogP contribution in [-0.4, -0.2) is 93.7 Å². The van der Waals surface area contributed by atoms with Crippen LogP contribution in [0.1, 0.15) is 36.0 Å². The molecule has 3 atom stereocenters. The molecular formula is C25H33F4N7O6S. The fourth-order valence-corrected chi connectivity index (χ4v) is 5.99. The maximum Gasteiger partial charge on any atom is 0.315 e. The topological polar surface area (TPSA) is 176 Å². The number of urea groups is 1. The highest BCUT2D eigenvalue weighted by atomic mass is 32.2. The van der Waals surface area contributed by atoms with Gasteiger partial charge in [-0.1, -0.05) is 11.5 Å². The van der Waals surface area contributed by atoms with Crippen molar-refractivity contribution in [2.75, 3.05) is 58.5 Å². The van der Waals surface area contributed by atoms with E-state index in [9.17, 15) is 31.9 Å². The van der Waals surface area contributed by atoms with Gasteiger partial charge in [0.05, 0.1) is 51.7 Å². The molecule has 1 aromatic rings. The van der Waals surface area contributed by atoms with E-state index in [1.807, 2.05) is 11.8 Å². The van der Waals surface area contributed by atoms with Crippen molar-refractivity contribution >= 4 is 35.3 Å². The third kappa shape index (κ3) is 10.1. The Kier molecular flexibility index (Phi) is 14.1. The molecular weight excluding hydrogens is 602 g/mol. The molecule has 1 aromatic carbocycles. The zero-order valence-corrected chi connectivity index (χ0v) is 24.0. The average molecular weight is 636 g/mol. The molecule has 18 heteroatoms. The fraction of sp³-hybridized carbons (Fsp3) is 0.640. The van der Waals surface area contributed by atoms with Crippen LogP contribution >= 0.6 is 11.8 Å². The summed E-state index contributed by atoms with van der Waals surface area (Å²) in [5.74, 6) is -8.48. The summed E-state index contributed by atoms with van der Waals surface area (Å²) in [5, 5.41) is 13.7. The summed E-state index contributed by atoms with van der Waals surface area (Å²) in [6, 6.07) is 0.275. The molecule has 2 aliphatic rings. The summed E-state index contributed by atoms with van der Waals surface area (Å²) < 4.78 is 71.5. The first-order chi connectivity index (χ1) is 20.7. The Morgan fingerprint density at radius 3 is 2.14 bits per heavy atom. The molecule has 2 aliphatic heterocycles. The quantitative estimate of drug-likeness (QED) is 0.0344. The summed E-state index contributed by atoms with van der Waals surface area (Å²) in [7, 11) is 0. The standard InChI is InChI=1S/C25H33F4N7O6S/c26-18-17(19(27)21(29)23(20(18)28)35-36-30)24(38)32-6-8-41-10-12-42-11-9-40-7-5-31-16(37)4-2-1-3-15-22-14(13-43-15)33-25(39)34-22/h14-15,22H,1-13H2,(H,31,37)(H,32,38)(H2,33,34,39)/t14-,15-,22-/m0/s1. The molecule has 13 nitrogen and oxygen atoms in total. The molecule has 0 unspecified atom stereocenters. The zero-order chi connectivity index (χ0) is 31.2. The molecule has 2 heterocycles. The fourth-order valence-electron chi connectivity index (χ4n) is 4.44. The van der Waals surface area contributed by atoms with Crippen LogP contribution in [0.2, 0.25) is 0 Å². The summed E-state index contributed by atoms with van der Waals surface area (Å²) >= 11 is 1.85. The normalized spacial score (nSPS) is 18.9. The summed E-state index contributed by atoms with van der Waals surface area (Å²) in [6.07, 6.45) is 3.07. The predicted octanol–water partition coefficient (Wildman–Crippen LogP) is 2.81. The lowest BCUT2D eigenvalue weighted by Gasteiger charge is -2.16. The minimum Gasteiger partial charge on any atom is -0.377 e. The molecule has 2 fully saturated rings. The number of fused-ring (bicyclic) bond motifs is 1. The van der Waals surface area contributed by atoms with E-state index < -0.39 is 40.4 Å². The van der Waals surface area contributed by atoms with Gasteiger partial charge in [0.25, 0.3) is 5.91 Å². The Balaban J connectivity index is 1.12. The van der Waals surface area contributed by atoms with Gasteiger partial charge in [-0.3, -0.25) is 9.59 Å². The lowest BCUT2D eigenvalue weighted by atomic mass is 10.0. The first kappa shape index (κ1) is 34.2. The molecule has 0 spiro atoms. The number of benzene rings is 1. The van der Waals surface area contributed by atoms with Gasteiger partial charge in [-0.2, -0.15) is 11.8 Å². The maximum atomic E-state index is 14.0. The van der Waals surface area contributed by atoms with E-state index in [-0.39, 0.29) is 57.0 Å². The first-order valence-corrected chi connectivity index (χ1v) is 14.7. The van der Waals surface area contributed by atoms with Crippen molar-refractivity contribution in [3.05, 3.63) is 39.3 Å². The van der Waals surface area contributed by atoms with Gasteiger partial charge in [0, 0.05) is 35.4 Å². The van der Waals surface area contributed by atoms with Gasteiger partial charge in [-0.15, -0.1) is 0 Å². The average Bonchev–Trinajstić information content (AvgIpc) is 3.54. The minimum atomic E-state index is -1.99. The number of azide groups is 1. The number of unbranched alkanes of at least 4 members (excludes halogenated alkanes) is 1. The number of halogens is 4. The Morgan fingerprint density at radius 1 is 0.907 bits per heavy atom. The molecule has 43 heavy (non-hydrogen) atoms. The number of hydrogen-bond acceptors (Lipinski definition) is 8. The molecule has 3 rings (SSSR count). The number of nitrogens with one attached hydrogen (secondary N) is 4. The Labute approximate surface area is 248 Å². The molecule has 2 saturated heterocycles. The van der Waals surface area contributed by atoms with Gasteiger partial charge < -0.3 is 35.5 Å². The van der Waals surface area contributed by atoms with E-state index in [1.54, 1.807) is 0 Å². The van der Waals surface area contributed by atoms with Crippen LogP contribution in [0.3, 0.4) is 0 Å². The van der Waals surface area contributed by atoms with Crippen molar-refractivity contribution in [2.24, 2.45) is 5.11 Å². The summed E-state index contributed by atoms with van der Waals surface area (Å²) in [6.45, 7) is 1.29. The van der Waals surface area contributed by atoms with Gasteiger partial charge in [0.15, 0.2) is 23.3 Å².